The van der Waals surface area contributed by atoms with Crippen LogP contribution in [0.15, 0.2) is 54.0 Å². The van der Waals surface area contributed by atoms with Crippen LogP contribution in [0.4, 0.5) is 21.7 Å². The molecule has 42 heavy (non-hydrogen) atoms. The Bertz CT molecular complexity index is 1480. The van der Waals surface area contributed by atoms with Gasteiger partial charge in [-0.25, -0.2) is 14.4 Å². The van der Waals surface area contributed by atoms with E-state index in [1.807, 2.05) is 50.8 Å². The number of nitrogens with one attached hydrogen (secondary N) is 1. The summed E-state index contributed by atoms with van der Waals surface area (Å²) in [7, 11) is 1.62. The molecule has 1 unspecified atom stereocenters. The molecule has 9 nitrogen and oxygen atoms in total. The summed E-state index contributed by atoms with van der Waals surface area (Å²) in [6.07, 6.45) is 3.71. The van der Waals surface area contributed by atoms with E-state index in [-0.39, 0.29) is 40.0 Å². The highest BCUT2D eigenvalue weighted by molar-refractivity contribution is 6.33. The lowest BCUT2D eigenvalue weighted by molar-refractivity contribution is -0.109. The van der Waals surface area contributed by atoms with Crippen molar-refractivity contribution in [3.05, 3.63) is 76.6 Å². The van der Waals surface area contributed by atoms with Gasteiger partial charge in [-0.05, 0) is 55.5 Å². The number of anilines is 3. The number of hydrogen-bond donors (Lipinski definition) is 2. The zero-order chi connectivity index (χ0) is 31.0. The highest BCUT2D eigenvalue weighted by Crippen LogP contribution is 2.39. The molecular weight excluding hydrogens is 557 g/mol. The quantitative estimate of drug-likeness (QED) is 0.115. The Morgan fingerprint density at radius 3 is 2.55 bits per heavy atom. The number of amidine groups is 1. The number of nitrogens with zero attached hydrogens (tertiary/aromatic N) is 5. The largest absolute Gasteiger partial charge is 0.384 e. The maximum atomic E-state index is 15.0. The van der Waals surface area contributed by atoms with Gasteiger partial charge in [0.25, 0.3) is 0 Å². The summed E-state index contributed by atoms with van der Waals surface area (Å²) in [5, 5.41) is 2.81. The minimum absolute atomic E-state index is 0.0236. The molecule has 0 bridgehead atoms. The van der Waals surface area contributed by atoms with Crippen LogP contribution in [0, 0.1) is 12.7 Å². The minimum atomic E-state index is -0.667. The highest BCUT2D eigenvalue weighted by Gasteiger charge is 2.29. The standard InChI is InChI=1S/C31H37ClFN7O2/c1-7-8-14-39(21(5)16-36-17-41)30(35-6)23-15-24(32)27(28-25(33)12-13-26(34)37-28)38-31(23)40(18-42)29-20(4)10-9-11-22(29)19(2)3/h7,9-13,15,17-19,21H,1,8,14,16H2,2-6H3,(H2,34,37)(H,36,41)/b35-30+. The van der Waals surface area contributed by atoms with Gasteiger partial charge in [0.15, 0.2) is 11.6 Å². The fourth-order valence-electron chi connectivity index (χ4n) is 4.80. The number of hydrogen-bond acceptors (Lipinski definition) is 6. The van der Waals surface area contributed by atoms with Gasteiger partial charge in [-0.15, -0.1) is 6.58 Å². The number of aliphatic imine (C=N–C) groups is 1. The number of nitrogen functional groups attached to an aromatic ring is 1. The van der Waals surface area contributed by atoms with Crippen molar-refractivity contribution in [3.63, 3.8) is 0 Å². The summed E-state index contributed by atoms with van der Waals surface area (Å²) < 4.78 is 15.0. The van der Waals surface area contributed by atoms with Gasteiger partial charge in [-0.3, -0.25) is 19.5 Å². The number of para-hydroxylation sites is 1. The Morgan fingerprint density at radius 2 is 1.93 bits per heavy atom. The summed E-state index contributed by atoms with van der Waals surface area (Å²) >= 11 is 6.78. The Labute approximate surface area is 251 Å². The van der Waals surface area contributed by atoms with Crippen LogP contribution in [0.5, 0.6) is 0 Å². The fourth-order valence-corrected chi connectivity index (χ4v) is 5.04. The molecule has 3 aromatic rings. The molecule has 0 radical (unpaired) electrons. The number of halogens is 2. The summed E-state index contributed by atoms with van der Waals surface area (Å²) in [5.74, 6) is 0.151. The second-order valence-corrected chi connectivity index (χ2v) is 10.5. The molecule has 2 aromatic heterocycles. The SMILES string of the molecule is C=CCCN(/C(=N/C)c1cc(Cl)c(-c2nc(N)ccc2F)nc1N(C=O)c1c(C)cccc1C(C)C)C(C)CNC=O. The molecule has 0 fully saturated rings. The van der Waals surface area contributed by atoms with Crippen LogP contribution in [0.1, 0.15) is 49.8 Å². The minimum Gasteiger partial charge on any atom is -0.384 e. The molecule has 3 rings (SSSR count). The summed E-state index contributed by atoms with van der Waals surface area (Å²) in [6.45, 7) is 12.6. The third kappa shape index (κ3) is 6.94. The first-order chi connectivity index (χ1) is 20.1. The van der Waals surface area contributed by atoms with Crippen LogP contribution >= 0.6 is 11.6 Å². The van der Waals surface area contributed by atoms with Crippen molar-refractivity contribution in [1.29, 1.82) is 0 Å². The van der Waals surface area contributed by atoms with E-state index in [0.29, 0.717) is 49.4 Å². The number of amides is 2. The van der Waals surface area contributed by atoms with E-state index >= 15 is 4.39 Å². The number of carbonyl (C=O) groups excluding carboxylic acids is 2. The van der Waals surface area contributed by atoms with E-state index in [1.54, 1.807) is 19.2 Å². The summed E-state index contributed by atoms with van der Waals surface area (Å²) in [6, 6.07) is 9.73. The zero-order valence-electron chi connectivity index (χ0n) is 24.6. The Morgan fingerprint density at radius 1 is 1.19 bits per heavy atom. The molecule has 222 valence electrons. The molecular formula is C31H37ClFN7O2. The zero-order valence-corrected chi connectivity index (χ0v) is 25.3. The molecule has 1 aromatic carbocycles. The van der Waals surface area contributed by atoms with Gasteiger partial charge in [0.1, 0.15) is 23.0 Å². The highest BCUT2D eigenvalue weighted by atomic mass is 35.5. The number of aromatic nitrogens is 2. The number of rotatable bonds is 13. The normalized spacial score (nSPS) is 12.1. The first-order valence-electron chi connectivity index (χ1n) is 13.6. The van der Waals surface area contributed by atoms with Crippen molar-refractivity contribution in [1.82, 2.24) is 20.2 Å². The average Bonchev–Trinajstić information content (AvgIpc) is 2.96. The molecule has 0 saturated heterocycles. The molecule has 0 aliphatic rings. The molecule has 2 amide bonds. The maximum Gasteiger partial charge on any atom is 0.219 e. The van der Waals surface area contributed by atoms with Gasteiger partial charge < -0.3 is 16.0 Å². The molecule has 0 aliphatic carbocycles. The van der Waals surface area contributed by atoms with E-state index in [2.05, 4.69) is 21.9 Å². The van der Waals surface area contributed by atoms with Gasteiger partial charge in [0.05, 0.1) is 16.3 Å². The van der Waals surface area contributed by atoms with Gasteiger partial charge >= 0.3 is 0 Å². The van der Waals surface area contributed by atoms with Crippen LogP contribution in [0.3, 0.4) is 0 Å². The van der Waals surface area contributed by atoms with Crippen molar-refractivity contribution in [2.45, 2.75) is 46.1 Å². The number of carbonyl (C=O) groups is 2. The van der Waals surface area contributed by atoms with Gasteiger partial charge in [-0.1, -0.05) is 49.7 Å². The summed E-state index contributed by atoms with van der Waals surface area (Å²) in [4.78, 5) is 41.1. The van der Waals surface area contributed by atoms with Crippen molar-refractivity contribution in [2.24, 2.45) is 4.99 Å². The van der Waals surface area contributed by atoms with Crippen molar-refractivity contribution >= 4 is 47.6 Å². The molecule has 3 N–H and O–H groups in total. The number of pyridine rings is 2. The van der Waals surface area contributed by atoms with Crippen molar-refractivity contribution in [2.75, 3.05) is 30.8 Å². The van der Waals surface area contributed by atoms with E-state index in [0.717, 1.165) is 11.1 Å². The second kappa shape index (κ2) is 14.5. The lowest BCUT2D eigenvalue weighted by atomic mass is 9.97. The van der Waals surface area contributed by atoms with Crippen LogP contribution in [-0.2, 0) is 9.59 Å². The Kier molecular flexibility index (Phi) is 11.2. The van der Waals surface area contributed by atoms with Crippen LogP contribution in [0.2, 0.25) is 5.02 Å². The third-order valence-corrected chi connectivity index (χ3v) is 7.13. The van der Waals surface area contributed by atoms with Crippen LogP contribution in [0.25, 0.3) is 11.4 Å². The number of benzene rings is 1. The first-order valence-corrected chi connectivity index (χ1v) is 14.0. The first kappa shape index (κ1) is 32.2. The topological polar surface area (TPSA) is 117 Å². The van der Waals surface area contributed by atoms with Crippen molar-refractivity contribution in [3.8, 4) is 11.4 Å². The Balaban J connectivity index is 2.41. The van der Waals surface area contributed by atoms with Gasteiger partial charge in [-0.2, -0.15) is 0 Å². The number of aryl methyl sites for hydroxylation is 1. The van der Waals surface area contributed by atoms with E-state index in [1.165, 1.54) is 17.0 Å². The van der Waals surface area contributed by atoms with E-state index in [9.17, 15) is 9.59 Å². The van der Waals surface area contributed by atoms with Gasteiger partial charge in [0, 0.05) is 26.2 Å². The second-order valence-electron chi connectivity index (χ2n) is 10.1. The monoisotopic (exact) mass is 593 g/mol. The number of nitrogens with two attached hydrogens (primary N) is 1. The maximum absolute atomic E-state index is 15.0. The van der Waals surface area contributed by atoms with Crippen molar-refractivity contribution < 1.29 is 14.0 Å². The van der Waals surface area contributed by atoms with E-state index < -0.39 is 5.82 Å². The molecule has 1 atom stereocenters. The Hall–Kier alpha value is -4.31. The smallest absolute Gasteiger partial charge is 0.219 e. The molecule has 0 saturated carbocycles. The fraction of sp³-hybridized carbons (Fsp3) is 0.323. The predicted octanol–water partition coefficient (Wildman–Crippen LogP) is 5.63. The molecule has 2 heterocycles. The lowest BCUT2D eigenvalue weighted by Gasteiger charge is -2.34. The third-order valence-electron chi connectivity index (χ3n) is 6.84. The van der Waals surface area contributed by atoms with Gasteiger partial charge in [0.2, 0.25) is 12.8 Å². The molecule has 11 heteroatoms. The van der Waals surface area contributed by atoms with Crippen LogP contribution < -0.4 is 16.0 Å². The summed E-state index contributed by atoms with van der Waals surface area (Å²) in [5.41, 5.74) is 8.60. The average molecular weight is 594 g/mol. The molecule has 0 aliphatic heterocycles. The lowest BCUT2D eigenvalue weighted by Crippen LogP contribution is -2.45. The molecule has 0 spiro atoms. The predicted molar refractivity (Wildman–Crippen MR) is 168 cm³/mol. The van der Waals surface area contributed by atoms with Crippen LogP contribution in [-0.4, -0.2) is 59.7 Å². The van der Waals surface area contributed by atoms with E-state index in [4.69, 9.17) is 22.3 Å².